The molecule has 2 fully saturated rings. The molecule has 1 saturated heterocycles. The number of hydrogen-bond acceptors (Lipinski definition) is 2. The van der Waals surface area contributed by atoms with Gasteiger partial charge in [0.05, 0.1) is 6.54 Å². The fourth-order valence-electron chi connectivity index (χ4n) is 3.03. The molecule has 0 aromatic carbocycles. The first-order chi connectivity index (χ1) is 8.28. The zero-order valence-corrected chi connectivity index (χ0v) is 11.2. The summed E-state index contributed by atoms with van der Waals surface area (Å²) in [6.07, 6.45) is 12.3. The van der Waals surface area contributed by atoms with Gasteiger partial charge in [0, 0.05) is 19.6 Å². The van der Waals surface area contributed by atoms with Crippen LogP contribution in [0.2, 0.25) is 0 Å². The lowest BCUT2D eigenvalue weighted by atomic mass is 9.78. The van der Waals surface area contributed by atoms with E-state index < -0.39 is 0 Å². The number of nitrogens with zero attached hydrogens (tertiary/aromatic N) is 1. The smallest absolute Gasteiger partial charge is 0.0599 e. The monoisotopic (exact) mass is 234 g/mol. The second-order valence-corrected chi connectivity index (χ2v) is 5.95. The van der Waals surface area contributed by atoms with E-state index in [2.05, 4.69) is 23.1 Å². The van der Waals surface area contributed by atoms with Crippen LogP contribution in [0.25, 0.3) is 0 Å². The molecule has 2 nitrogen and oxygen atoms in total. The van der Waals surface area contributed by atoms with Crippen LogP contribution in [0.5, 0.6) is 0 Å². The fourth-order valence-corrected chi connectivity index (χ4v) is 3.03. The molecule has 1 heterocycles. The molecule has 17 heavy (non-hydrogen) atoms. The van der Waals surface area contributed by atoms with Crippen molar-refractivity contribution in [2.24, 2.45) is 11.3 Å². The molecule has 1 unspecified atom stereocenters. The summed E-state index contributed by atoms with van der Waals surface area (Å²) in [6, 6.07) is 0. The van der Waals surface area contributed by atoms with Crippen molar-refractivity contribution in [3.8, 4) is 12.3 Å². The third-order valence-electron chi connectivity index (χ3n) is 4.40. The van der Waals surface area contributed by atoms with Gasteiger partial charge in [-0.3, -0.25) is 4.90 Å². The number of hydrogen-bond donors (Lipinski definition) is 1. The third kappa shape index (κ3) is 3.72. The van der Waals surface area contributed by atoms with E-state index in [0.717, 1.165) is 12.5 Å². The molecule has 2 heteroatoms. The van der Waals surface area contributed by atoms with Gasteiger partial charge in [-0.2, -0.15) is 0 Å². The maximum absolute atomic E-state index is 5.51. The molecule has 1 N–H and O–H groups in total. The summed E-state index contributed by atoms with van der Waals surface area (Å²) in [5.41, 5.74) is 0.476. The minimum absolute atomic E-state index is 0.476. The lowest BCUT2D eigenvalue weighted by molar-refractivity contribution is 0.117. The molecule has 0 aromatic rings. The molecule has 1 aliphatic carbocycles. The predicted molar refractivity (Wildman–Crippen MR) is 72.8 cm³/mol. The predicted octanol–water partition coefficient (Wildman–Crippen LogP) is 2.11. The van der Waals surface area contributed by atoms with Crippen molar-refractivity contribution in [1.29, 1.82) is 0 Å². The first-order valence-corrected chi connectivity index (χ1v) is 7.14. The lowest BCUT2D eigenvalue weighted by Gasteiger charge is -2.40. The molecular formula is C15H26N2. The van der Waals surface area contributed by atoms with Crippen molar-refractivity contribution in [3.63, 3.8) is 0 Å². The third-order valence-corrected chi connectivity index (χ3v) is 4.40. The van der Waals surface area contributed by atoms with Crippen LogP contribution in [-0.2, 0) is 0 Å². The Morgan fingerprint density at radius 3 is 2.82 bits per heavy atom. The Balaban J connectivity index is 1.90. The summed E-state index contributed by atoms with van der Waals surface area (Å²) >= 11 is 0. The Hall–Kier alpha value is -0.520. The number of terminal acetylenes is 1. The zero-order valence-electron chi connectivity index (χ0n) is 11.2. The van der Waals surface area contributed by atoms with Gasteiger partial charge in [0.25, 0.3) is 0 Å². The van der Waals surface area contributed by atoms with Crippen LogP contribution in [0, 0.1) is 23.7 Å². The Labute approximate surface area is 106 Å². The van der Waals surface area contributed by atoms with Crippen molar-refractivity contribution in [3.05, 3.63) is 0 Å². The summed E-state index contributed by atoms with van der Waals surface area (Å²) < 4.78 is 0. The molecule has 0 radical (unpaired) electrons. The highest BCUT2D eigenvalue weighted by Gasteiger charge is 2.33. The molecule has 96 valence electrons. The van der Waals surface area contributed by atoms with Gasteiger partial charge < -0.3 is 5.32 Å². The summed E-state index contributed by atoms with van der Waals surface area (Å²) in [7, 11) is 0. The van der Waals surface area contributed by atoms with Crippen LogP contribution in [0.4, 0.5) is 0 Å². The second kappa shape index (κ2) is 5.89. The first-order valence-electron chi connectivity index (χ1n) is 7.14. The zero-order chi connectivity index (χ0) is 12.1. The molecule has 1 aliphatic heterocycles. The molecule has 0 aromatic heterocycles. The maximum Gasteiger partial charge on any atom is 0.0599 e. The van der Waals surface area contributed by atoms with Crippen LogP contribution < -0.4 is 5.32 Å². The molecule has 0 amide bonds. The Morgan fingerprint density at radius 1 is 1.47 bits per heavy atom. The van der Waals surface area contributed by atoms with Crippen molar-refractivity contribution >= 4 is 0 Å². The average molecular weight is 234 g/mol. The highest BCUT2D eigenvalue weighted by Crippen LogP contribution is 2.34. The van der Waals surface area contributed by atoms with E-state index in [1.807, 2.05) is 0 Å². The SMILES string of the molecule is C#CCN(CC1CC1)CC1(CC)CCCNC1. The van der Waals surface area contributed by atoms with Gasteiger partial charge in [0.15, 0.2) is 0 Å². The maximum atomic E-state index is 5.51. The van der Waals surface area contributed by atoms with E-state index in [-0.39, 0.29) is 0 Å². The molecule has 1 atom stereocenters. The van der Waals surface area contributed by atoms with Gasteiger partial charge in [0.2, 0.25) is 0 Å². The number of nitrogens with one attached hydrogen (secondary N) is 1. The first kappa shape index (κ1) is 12.9. The normalized spacial score (nSPS) is 29.2. The van der Waals surface area contributed by atoms with E-state index in [0.29, 0.717) is 5.41 Å². The fraction of sp³-hybridized carbons (Fsp3) is 0.867. The quantitative estimate of drug-likeness (QED) is 0.708. The highest BCUT2D eigenvalue weighted by atomic mass is 15.1. The van der Waals surface area contributed by atoms with E-state index in [4.69, 9.17) is 6.42 Å². The van der Waals surface area contributed by atoms with Gasteiger partial charge in [-0.1, -0.05) is 12.8 Å². The topological polar surface area (TPSA) is 15.3 Å². The Morgan fingerprint density at radius 2 is 2.29 bits per heavy atom. The summed E-state index contributed by atoms with van der Waals surface area (Å²) in [6.45, 7) is 7.95. The van der Waals surface area contributed by atoms with Crippen molar-refractivity contribution in [1.82, 2.24) is 10.2 Å². The molecular weight excluding hydrogens is 208 g/mol. The molecule has 0 spiro atoms. The Kier molecular flexibility index (Phi) is 4.48. The van der Waals surface area contributed by atoms with Gasteiger partial charge >= 0.3 is 0 Å². The summed E-state index contributed by atoms with van der Waals surface area (Å²) in [5.74, 6) is 3.78. The van der Waals surface area contributed by atoms with Crippen LogP contribution in [-0.4, -0.2) is 37.6 Å². The molecule has 2 aliphatic rings. The van der Waals surface area contributed by atoms with Crippen molar-refractivity contribution in [2.75, 3.05) is 32.7 Å². The largest absolute Gasteiger partial charge is 0.316 e. The van der Waals surface area contributed by atoms with E-state index in [1.54, 1.807) is 0 Å². The minimum atomic E-state index is 0.476. The molecule has 2 rings (SSSR count). The van der Waals surface area contributed by atoms with Crippen molar-refractivity contribution < 1.29 is 0 Å². The molecule has 1 saturated carbocycles. The van der Waals surface area contributed by atoms with Gasteiger partial charge in [-0.25, -0.2) is 0 Å². The standard InChI is InChI=1S/C15H26N2/c1-3-10-17(11-14-6-7-14)13-15(4-2)8-5-9-16-12-15/h1,14,16H,4-13H2,2H3. The van der Waals surface area contributed by atoms with E-state index in [1.165, 1.54) is 58.3 Å². The van der Waals surface area contributed by atoms with Gasteiger partial charge in [0.1, 0.15) is 0 Å². The van der Waals surface area contributed by atoms with E-state index in [9.17, 15) is 0 Å². The number of piperidine rings is 1. The van der Waals surface area contributed by atoms with Crippen LogP contribution in [0.1, 0.15) is 39.0 Å². The van der Waals surface area contributed by atoms with E-state index >= 15 is 0 Å². The average Bonchev–Trinajstić information content (AvgIpc) is 3.14. The van der Waals surface area contributed by atoms with Gasteiger partial charge in [-0.15, -0.1) is 6.42 Å². The Bertz CT molecular complexity index is 269. The van der Waals surface area contributed by atoms with Gasteiger partial charge in [-0.05, 0) is 50.0 Å². The van der Waals surface area contributed by atoms with Crippen LogP contribution >= 0.6 is 0 Å². The summed E-state index contributed by atoms with van der Waals surface area (Å²) in [5, 5.41) is 3.56. The van der Waals surface area contributed by atoms with Crippen LogP contribution in [0.15, 0.2) is 0 Å². The second-order valence-electron chi connectivity index (χ2n) is 5.95. The van der Waals surface area contributed by atoms with Crippen LogP contribution in [0.3, 0.4) is 0 Å². The molecule has 0 bridgehead atoms. The highest BCUT2D eigenvalue weighted by molar-refractivity contribution is 4.94. The minimum Gasteiger partial charge on any atom is -0.316 e. The summed E-state index contributed by atoms with van der Waals surface area (Å²) in [4.78, 5) is 2.52. The lowest BCUT2D eigenvalue weighted by Crippen LogP contribution is -2.47. The van der Waals surface area contributed by atoms with Crippen molar-refractivity contribution in [2.45, 2.75) is 39.0 Å². The number of rotatable bonds is 6.